The van der Waals surface area contributed by atoms with Gasteiger partial charge in [0.2, 0.25) is 0 Å². The fraction of sp³-hybridized carbons (Fsp3) is 0.385. The standard InChI is InChI=1S/C26H30FN7O3/c1-15-7-16(25(35)28-4)8-19(22(15)27)20-10-30-34-12-21(17-9-29-33(11-17)14-26(2,3)36)23(32-24(20)34)31-18-5-6-37-13-18/h7-12,18,36H,5-6,13-14H2,1-4H3,(H,28,35)(H,31,32). The number of halogens is 1. The molecule has 0 bridgehead atoms. The number of aliphatic hydroxyl groups is 1. The van der Waals surface area contributed by atoms with Crippen LogP contribution < -0.4 is 10.6 Å². The van der Waals surface area contributed by atoms with Crippen LogP contribution in [0.2, 0.25) is 0 Å². The van der Waals surface area contributed by atoms with Gasteiger partial charge in [-0.25, -0.2) is 13.9 Å². The Labute approximate surface area is 213 Å². The third-order valence-corrected chi connectivity index (χ3v) is 6.29. The highest BCUT2D eigenvalue weighted by Gasteiger charge is 2.23. The number of ether oxygens (including phenoxy) is 1. The van der Waals surface area contributed by atoms with E-state index in [2.05, 4.69) is 20.8 Å². The van der Waals surface area contributed by atoms with Gasteiger partial charge in [0.25, 0.3) is 5.91 Å². The van der Waals surface area contributed by atoms with Crippen molar-refractivity contribution in [1.29, 1.82) is 0 Å². The van der Waals surface area contributed by atoms with Crippen LogP contribution >= 0.6 is 0 Å². The molecule has 5 rings (SSSR count). The van der Waals surface area contributed by atoms with Gasteiger partial charge in [0.05, 0.1) is 37.2 Å². The highest BCUT2D eigenvalue weighted by molar-refractivity contribution is 5.96. The summed E-state index contributed by atoms with van der Waals surface area (Å²) in [6.07, 6.45) is 7.77. The van der Waals surface area contributed by atoms with E-state index < -0.39 is 11.4 Å². The van der Waals surface area contributed by atoms with E-state index in [0.717, 1.165) is 17.5 Å². The lowest BCUT2D eigenvalue weighted by atomic mass is 10.0. The van der Waals surface area contributed by atoms with Crippen molar-refractivity contribution in [1.82, 2.24) is 29.7 Å². The molecule has 1 fully saturated rings. The first-order valence-corrected chi connectivity index (χ1v) is 12.1. The minimum atomic E-state index is -0.921. The number of rotatable bonds is 7. The summed E-state index contributed by atoms with van der Waals surface area (Å²) in [5.74, 6) is -0.144. The van der Waals surface area contributed by atoms with Crippen molar-refractivity contribution in [2.45, 2.75) is 45.4 Å². The Morgan fingerprint density at radius 2 is 2.03 bits per heavy atom. The van der Waals surface area contributed by atoms with Crippen LogP contribution in [0.1, 0.15) is 36.2 Å². The molecule has 3 aromatic heterocycles. The number of amides is 1. The van der Waals surface area contributed by atoms with Crippen LogP contribution in [0.5, 0.6) is 0 Å². The molecule has 10 nitrogen and oxygen atoms in total. The van der Waals surface area contributed by atoms with E-state index >= 15 is 4.39 Å². The van der Waals surface area contributed by atoms with Gasteiger partial charge in [-0.2, -0.15) is 10.2 Å². The third kappa shape index (κ3) is 5.05. The molecule has 194 valence electrons. The maximum absolute atomic E-state index is 15.3. The second-order valence-electron chi connectivity index (χ2n) is 10.0. The Bertz CT molecular complexity index is 1470. The number of hydrogen-bond acceptors (Lipinski definition) is 7. The summed E-state index contributed by atoms with van der Waals surface area (Å²) < 4.78 is 24.1. The van der Waals surface area contributed by atoms with Gasteiger partial charge in [-0.1, -0.05) is 0 Å². The lowest BCUT2D eigenvalue weighted by Gasteiger charge is -2.17. The fourth-order valence-electron chi connectivity index (χ4n) is 4.49. The minimum Gasteiger partial charge on any atom is -0.389 e. The van der Waals surface area contributed by atoms with Crippen molar-refractivity contribution in [3.05, 3.63) is 53.9 Å². The molecule has 0 radical (unpaired) electrons. The summed E-state index contributed by atoms with van der Waals surface area (Å²) in [6.45, 7) is 6.61. The summed E-state index contributed by atoms with van der Waals surface area (Å²) in [7, 11) is 1.54. The molecule has 1 atom stereocenters. The average molecular weight is 508 g/mol. The normalized spacial score (nSPS) is 15.9. The Morgan fingerprint density at radius 1 is 1.22 bits per heavy atom. The molecule has 3 N–H and O–H groups in total. The maximum Gasteiger partial charge on any atom is 0.251 e. The number of nitrogens with one attached hydrogen (secondary N) is 2. The molecule has 0 aliphatic carbocycles. The van der Waals surface area contributed by atoms with Crippen LogP contribution in [0.25, 0.3) is 27.9 Å². The van der Waals surface area contributed by atoms with Crippen molar-refractivity contribution >= 4 is 17.4 Å². The molecular weight excluding hydrogens is 477 g/mol. The largest absolute Gasteiger partial charge is 0.389 e. The molecule has 0 saturated carbocycles. The van der Waals surface area contributed by atoms with E-state index in [1.54, 1.807) is 42.4 Å². The van der Waals surface area contributed by atoms with Gasteiger partial charge in [-0.15, -0.1) is 0 Å². The van der Waals surface area contributed by atoms with Gasteiger partial charge < -0.3 is 20.5 Å². The van der Waals surface area contributed by atoms with Crippen molar-refractivity contribution in [3.8, 4) is 22.3 Å². The van der Waals surface area contributed by atoms with E-state index in [1.165, 1.54) is 19.2 Å². The van der Waals surface area contributed by atoms with Gasteiger partial charge in [0, 0.05) is 53.9 Å². The highest BCUT2D eigenvalue weighted by Crippen LogP contribution is 2.34. The number of nitrogens with zero attached hydrogens (tertiary/aromatic N) is 5. The van der Waals surface area contributed by atoms with Gasteiger partial charge in [-0.3, -0.25) is 9.48 Å². The van der Waals surface area contributed by atoms with Crippen LogP contribution in [-0.2, 0) is 11.3 Å². The zero-order valence-corrected chi connectivity index (χ0v) is 21.2. The Hall–Kier alpha value is -3.83. The van der Waals surface area contributed by atoms with Gasteiger partial charge in [0.15, 0.2) is 5.65 Å². The molecule has 1 amide bonds. The molecule has 11 heteroatoms. The summed E-state index contributed by atoms with van der Waals surface area (Å²) in [6, 6.07) is 3.11. The molecule has 1 aromatic carbocycles. The van der Waals surface area contributed by atoms with Crippen LogP contribution in [0, 0.1) is 12.7 Å². The topological polar surface area (TPSA) is 119 Å². The predicted molar refractivity (Wildman–Crippen MR) is 137 cm³/mol. The molecule has 1 aliphatic heterocycles. The lowest BCUT2D eigenvalue weighted by molar-refractivity contribution is 0.0577. The maximum atomic E-state index is 15.3. The Balaban J connectivity index is 1.64. The van der Waals surface area contributed by atoms with Gasteiger partial charge in [0.1, 0.15) is 11.6 Å². The zero-order chi connectivity index (χ0) is 26.3. The van der Waals surface area contributed by atoms with E-state index in [-0.39, 0.29) is 17.5 Å². The Morgan fingerprint density at radius 3 is 2.73 bits per heavy atom. The highest BCUT2D eigenvalue weighted by atomic mass is 19.1. The average Bonchev–Trinajstić information content (AvgIpc) is 3.60. The number of aryl methyl sites for hydroxylation is 1. The molecule has 4 heterocycles. The van der Waals surface area contributed by atoms with Crippen LogP contribution in [-0.4, -0.2) is 67.3 Å². The van der Waals surface area contributed by atoms with Crippen molar-refractivity contribution in [2.24, 2.45) is 0 Å². The van der Waals surface area contributed by atoms with Crippen LogP contribution in [0.15, 0.2) is 36.9 Å². The monoisotopic (exact) mass is 507 g/mol. The number of hydrogen-bond donors (Lipinski definition) is 3. The number of aromatic nitrogens is 5. The molecule has 0 spiro atoms. The zero-order valence-electron chi connectivity index (χ0n) is 21.2. The lowest BCUT2D eigenvalue weighted by Crippen LogP contribution is -2.26. The van der Waals surface area contributed by atoms with Crippen LogP contribution in [0.4, 0.5) is 10.2 Å². The van der Waals surface area contributed by atoms with Gasteiger partial charge in [-0.05, 0) is 44.9 Å². The number of benzene rings is 1. The molecular formula is C26H30FN7O3. The molecule has 1 unspecified atom stereocenters. The first-order valence-electron chi connectivity index (χ1n) is 12.1. The molecule has 1 aliphatic rings. The first kappa shape index (κ1) is 24.8. The SMILES string of the molecule is CNC(=O)c1cc(C)c(F)c(-c2cnn3cc(-c4cnn(CC(C)(C)O)c4)c(NC4CCOC4)nc23)c1. The van der Waals surface area contributed by atoms with E-state index in [9.17, 15) is 9.90 Å². The summed E-state index contributed by atoms with van der Waals surface area (Å²) in [5, 5.41) is 25.1. The van der Waals surface area contributed by atoms with Crippen molar-refractivity contribution < 1.29 is 19.0 Å². The van der Waals surface area contributed by atoms with E-state index in [0.29, 0.717) is 47.9 Å². The van der Waals surface area contributed by atoms with E-state index in [4.69, 9.17) is 9.72 Å². The fourth-order valence-corrected chi connectivity index (χ4v) is 4.49. The van der Waals surface area contributed by atoms with Gasteiger partial charge >= 0.3 is 0 Å². The first-order chi connectivity index (χ1) is 17.6. The van der Waals surface area contributed by atoms with Crippen molar-refractivity contribution in [2.75, 3.05) is 25.6 Å². The van der Waals surface area contributed by atoms with Crippen molar-refractivity contribution in [3.63, 3.8) is 0 Å². The third-order valence-electron chi connectivity index (χ3n) is 6.29. The van der Waals surface area contributed by atoms with Crippen LogP contribution in [0.3, 0.4) is 0 Å². The second kappa shape index (κ2) is 9.56. The van der Waals surface area contributed by atoms with E-state index in [1.807, 2.05) is 12.4 Å². The number of fused-ring (bicyclic) bond motifs is 1. The molecule has 4 aromatic rings. The predicted octanol–water partition coefficient (Wildman–Crippen LogP) is 3.04. The smallest absolute Gasteiger partial charge is 0.251 e. The quantitative estimate of drug-likeness (QED) is 0.352. The second-order valence-corrected chi connectivity index (χ2v) is 10.0. The number of carbonyl (C=O) groups is 1. The summed E-state index contributed by atoms with van der Waals surface area (Å²) in [4.78, 5) is 17.2. The molecule has 1 saturated heterocycles. The summed E-state index contributed by atoms with van der Waals surface area (Å²) in [5.41, 5.74) is 2.51. The summed E-state index contributed by atoms with van der Waals surface area (Å²) >= 11 is 0. The molecule has 37 heavy (non-hydrogen) atoms. The Kier molecular flexibility index (Phi) is 6.42. The number of anilines is 1. The number of carbonyl (C=O) groups excluding carboxylic acids is 1. The minimum absolute atomic E-state index is 0.0713.